The summed E-state index contributed by atoms with van der Waals surface area (Å²) in [7, 11) is 0. The Bertz CT molecular complexity index is 1480. The summed E-state index contributed by atoms with van der Waals surface area (Å²) < 4.78 is 30.9. The van der Waals surface area contributed by atoms with E-state index in [1.54, 1.807) is 26.2 Å². The Morgan fingerprint density at radius 2 is 1.98 bits per heavy atom. The van der Waals surface area contributed by atoms with Crippen molar-refractivity contribution in [3.8, 4) is 0 Å². The van der Waals surface area contributed by atoms with Crippen LogP contribution in [0.2, 0.25) is 0 Å². The van der Waals surface area contributed by atoms with Crippen LogP contribution in [0.1, 0.15) is 69.3 Å². The number of rotatable bonds is 5. The fourth-order valence-corrected chi connectivity index (χ4v) is 10.1. The molecule has 2 N–H and O–H groups in total. The van der Waals surface area contributed by atoms with Gasteiger partial charge in [-0.1, -0.05) is 13.8 Å². The predicted octanol–water partition coefficient (Wildman–Crippen LogP) is 4.23. The summed E-state index contributed by atoms with van der Waals surface area (Å²) in [6.45, 7) is 7.48. The standard InChI is InChI=1S/C32H39ClFN3O5/c1-29(2)41-27-8-21-20-6-23(34)22-7-24-19(15-37(36-24)14-18-5-17(11-33)12-35-13-18)9-30(22,3)28(20)25(39)10-31(21,4)32(27,42-29)26(40)16-38/h5,7,12-13,15,20-21,23,25,27-28,38-39H,6,8-11,14,16H2,1-4H3/t20-,21-,23-,25-,27+,28+,30-,31-,32+/m0/s1. The van der Waals surface area contributed by atoms with Crippen LogP contribution in [-0.2, 0) is 33.1 Å². The van der Waals surface area contributed by atoms with E-state index in [2.05, 4.69) is 11.9 Å². The topological polar surface area (TPSA) is 107 Å². The average molecular weight is 600 g/mol. The first kappa shape index (κ1) is 28.6. The number of pyridine rings is 1. The van der Waals surface area contributed by atoms with Crippen molar-refractivity contribution >= 4 is 23.5 Å². The second-order valence-electron chi connectivity index (χ2n) is 14.1. The largest absolute Gasteiger partial charge is 0.393 e. The van der Waals surface area contributed by atoms with Gasteiger partial charge in [0.2, 0.25) is 0 Å². The van der Waals surface area contributed by atoms with E-state index in [1.165, 1.54) is 0 Å². The molecule has 2 aromatic heterocycles. The third-order valence-corrected chi connectivity index (χ3v) is 11.6. The SMILES string of the molecule is CC1(C)O[C@@H]2C[C@H]3[C@@H]4C[C@H](F)C5=Cc6nn(Cc7cncc(CCl)c7)cc6C[C@]5(C)[C@H]4[C@@H](O)C[C@]3(C)[C@]2(C(=O)CO)O1. The number of Topliss-reactive ketones (excluding diaryl/α,β-unsaturated/α-hetero) is 1. The lowest BCUT2D eigenvalue weighted by Crippen LogP contribution is -2.65. The van der Waals surface area contributed by atoms with Crippen molar-refractivity contribution in [1.29, 1.82) is 0 Å². The Kier molecular flexibility index (Phi) is 6.41. The quantitative estimate of drug-likeness (QED) is 0.496. The molecule has 5 aliphatic rings. The molecule has 4 aliphatic carbocycles. The molecule has 8 nitrogen and oxygen atoms in total. The number of hydrogen-bond acceptors (Lipinski definition) is 7. The highest BCUT2D eigenvalue weighted by molar-refractivity contribution is 6.17. The minimum atomic E-state index is -1.37. The number of aliphatic hydroxyl groups is 2. The number of halogens is 2. The minimum absolute atomic E-state index is 0.107. The maximum absolute atomic E-state index is 16.3. The molecule has 226 valence electrons. The second-order valence-corrected chi connectivity index (χ2v) is 14.4. The number of fused-ring (bicyclic) bond motifs is 8. The van der Waals surface area contributed by atoms with Gasteiger partial charge in [0.1, 0.15) is 12.8 Å². The molecule has 3 saturated carbocycles. The van der Waals surface area contributed by atoms with Crippen LogP contribution in [0.5, 0.6) is 0 Å². The molecular weight excluding hydrogens is 561 g/mol. The minimum Gasteiger partial charge on any atom is -0.393 e. The summed E-state index contributed by atoms with van der Waals surface area (Å²) >= 11 is 6.00. The van der Waals surface area contributed by atoms with E-state index in [9.17, 15) is 15.0 Å². The number of aromatic nitrogens is 3. The van der Waals surface area contributed by atoms with Gasteiger partial charge in [0.25, 0.3) is 0 Å². The fraction of sp³-hybridized carbons (Fsp3) is 0.656. The number of allylic oxidation sites excluding steroid dienone is 1. The first-order chi connectivity index (χ1) is 19.8. The van der Waals surface area contributed by atoms with Crippen LogP contribution in [0.25, 0.3) is 6.08 Å². The van der Waals surface area contributed by atoms with E-state index in [1.807, 2.05) is 29.9 Å². The monoisotopic (exact) mass is 599 g/mol. The highest BCUT2D eigenvalue weighted by Crippen LogP contribution is 2.70. The van der Waals surface area contributed by atoms with Gasteiger partial charge in [-0.2, -0.15) is 5.10 Å². The molecule has 42 heavy (non-hydrogen) atoms. The van der Waals surface area contributed by atoms with Gasteiger partial charge in [-0.25, -0.2) is 4.39 Å². The van der Waals surface area contributed by atoms with E-state index in [4.69, 9.17) is 26.2 Å². The van der Waals surface area contributed by atoms with Gasteiger partial charge < -0.3 is 19.7 Å². The van der Waals surface area contributed by atoms with Gasteiger partial charge in [-0.15, -0.1) is 11.6 Å². The zero-order chi connectivity index (χ0) is 29.8. The smallest absolute Gasteiger partial charge is 0.193 e. The number of carbonyl (C=O) groups is 1. The first-order valence-electron chi connectivity index (χ1n) is 15.0. The summed E-state index contributed by atoms with van der Waals surface area (Å²) in [6, 6.07) is 2.01. The van der Waals surface area contributed by atoms with E-state index in [-0.39, 0.29) is 24.2 Å². The number of nitrogens with zero attached hydrogens (tertiary/aromatic N) is 3. The normalized spacial score (nSPS) is 41.3. The molecule has 9 atom stereocenters. The Morgan fingerprint density at radius 1 is 1.21 bits per heavy atom. The number of aliphatic hydroxyl groups excluding tert-OH is 2. The third-order valence-electron chi connectivity index (χ3n) is 11.3. The molecular formula is C32H39ClFN3O5. The summed E-state index contributed by atoms with van der Waals surface area (Å²) in [5, 5.41) is 26.8. The van der Waals surface area contributed by atoms with Gasteiger partial charge in [0.05, 0.1) is 24.4 Å². The second kappa shape index (κ2) is 9.41. The molecule has 1 saturated heterocycles. The molecule has 0 spiro atoms. The molecule has 0 amide bonds. The lowest BCUT2D eigenvalue weighted by Gasteiger charge is -2.61. The molecule has 1 aliphatic heterocycles. The van der Waals surface area contributed by atoms with E-state index >= 15 is 4.39 Å². The van der Waals surface area contributed by atoms with Crippen molar-refractivity contribution in [2.75, 3.05) is 6.61 Å². The lowest BCUT2D eigenvalue weighted by atomic mass is 9.45. The third kappa shape index (κ3) is 3.82. The highest BCUT2D eigenvalue weighted by atomic mass is 35.5. The van der Waals surface area contributed by atoms with Crippen molar-refractivity contribution in [1.82, 2.24) is 14.8 Å². The number of hydrogen-bond donors (Lipinski definition) is 2. The molecule has 0 radical (unpaired) electrons. The van der Waals surface area contributed by atoms with Crippen molar-refractivity contribution < 1.29 is 28.9 Å². The zero-order valence-corrected chi connectivity index (χ0v) is 25.3. The van der Waals surface area contributed by atoms with Gasteiger partial charge >= 0.3 is 0 Å². The van der Waals surface area contributed by atoms with Crippen molar-refractivity contribution in [2.45, 2.75) is 95.6 Å². The number of ketones is 1. The van der Waals surface area contributed by atoms with Crippen LogP contribution in [0.4, 0.5) is 4.39 Å². The van der Waals surface area contributed by atoms with Gasteiger partial charge in [0.15, 0.2) is 17.2 Å². The molecule has 0 unspecified atom stereocenters. The van der Waals surface area contributed by atoms with Crippen molar-refractivity contribution in [3.05, 3.63) is 52.6 Å². The highest BCUT2D eigenvalue weighted by Gasteiger charge is 2.77. The Hall–Kier alpha value is -2.17. The van der Waals surface area contributed by atoms with Crippen LogP contribution in [0.3, 0.4) is 0 Å². The average Bonchev–Trinajstić information content (AvgIpc) is 3.52. The maximum Gasteiger partial charge on any atom is 0.193 e. The van der Waals surface area contributed by atoms with E-state index in [0.717, 1.165) is 22.4 Å². The summed E-state index contributed by atoms with van der Waals surface area (Å²) in [6.07, 6.45) is 6.61. The van der Waals surface area contributed by atoms with E-state index < -0.39 is 53.0 Å². The van der Waals surface area contributed by atoms with Crippen LogP contribution in [-0.4, -0.2) is 67.1 Å². The van der Waals surface area contributed by atoms with Gasteiger partial charge in [-0.3, -0.25) is 14.5 Å². The van der Waals surface area contributed by atoms with E-state index in [0.29, 0.717) is 37.3 Å². The molecule has 7 rings (SSSR count). The summed E-state index contributed by atoms with van der Waals surface area (Å²) in [5.41, 5.74) is 1.63. The van der Waals surface area contributed by atoms with Crippen LogP contribution < -0.4 is 0 Å². The molecule has 2 aromatic rings. The fourth-order valence-electron chi connectivity index (χ4n) is 9.93. The number of carbonyl (C=O) groups excluding carboxylic acids is 1. The molecule has 0 aromatic carbocycles. The van der Waals surface area contributed by atoms with Crippen LogP contribution >= 0.6 is 11.6 Å². The molecule has 4 fully saturated rings. The van der Waals surface area contributed by atoms with Crippen molar-refractivity contribution in [2.24, 2.45) is 28.6 Å². The Balaban J connectivity index is 1.23. The maximum atomic E-state index is 16.3. The van der Waals surface area contributed by atoms with Crippen LogP contribution in [0.15, 0.2) is 30.2 Å². The number of alkyl halides is 2. The molecule has 0 bridgehead atoms. The summed E-state index contributed by atoms with van der Waals surface area (Å²) in [5.74, 6) is -1.52. The zero-order valence-electron chi connectivity index (χ0n) is 24.5. The molecule has 10 heteroatoms. The predicted molar refractivity (Wildman–Crippen MR) is 153 cm³/mol. The first-order valence-corrected chi connectivity index (χ1v) is 15.5. The Morgan fingerprint density at radius 3 is 2.71 bits per heavy atom. The summed E-state index contributed by atoms with van der Waals surface area (Å²) in [4.78, 5) is 17.7. The van der Waals surface area contributed by atoms with Gasteiger partial charge in [-0.05, 0) is 91.7 Å². The van der Waals surface area contributed by atoms with Crippen molar-refractivity contribution in [3.63, 3.8) is 0 Å². The lowest BCUT2D eigenvalue weighted by molar-refractivity contribution is -0.228. The number of ether oxygens (including phenoxy) is 2. The van der Waals surface area contributed by atoms with Crippen LogP contribution in [0, 0.1) is 28.6 Å². The van der Waals surface area contributed by atoms with Gasteiger partial charge in [0, 0.05) is 35.3 Å². The Labute approximate surface area is 250 Å². The molecule has 3 heterocycles.